The highest BCUT2D eigenvalue weighted by Crippen LogP contribution is 2.32. The van der Waals surface area contributed by atoms with Gasteiger partial charge >= 0.3 is 12.1 Å². The molecular weight excluding hydrogens is 397 g/mol. The summed E-state index contributed by atoms with van der Waals surface area (Å²) >= 11 is 0. The van der Waals surface area contributed by atoms with Crippen LogP contribution in [0.3, 0.4) is 0 Å². The fourth-order valence-corrected chi connectivity index (χ4v) is 2.76. The van der Waals surface area contributed by atoms with Gasteiger partial charge in [-0.1, -0.05) is 30.3 Å². The van der Waals surface area contributed by atoms with Crippen molar-refractivity contribution in [2.24, 2.45) is 0 Å². The van der Waals surface area contributed by atoms with Gasteiger partial charge in [-0.2, -0.15) is 13.2 Å². The van der Waals surface area contributed by atoms with E-state index in [1.165, 1.54) is 30.5 Å². The smallest absolute Gasteiger partial charge is 0.416 e. The number of carbonyl (C=O) groups is 2. The number of hydrogen-bond donors (Lipinski definition) is 1. The van der Waals surface area contributed by atoms with Crippen LogP contribution in [0.1, 0.15) is 33.2 Å². The molecular formula is C22H17F3N2O3. The highest BCUT2D eigenvalue weighted by Gasteiger charge is 2.30. The molecule has 0 bridgehead atoms. The first-order valence-electron chi connectivity index (χ1n) is 9.00. The largest absolute Gasteiger partial charge is 0.462 e. The lowest BCUT2D eigenvalue weighted by molar-refractivity contribution is -0.137. The van der Waals surface area contributed by atoms with Crippen LogP contribution in [0, 0.1) is 0 Å². The molecule has 8 heteroatoms. The number of nitrogens with one attached hydrogen (secondary N) is 1. The molecule has 0 aliphatic rings. The van der Waals surface area contributed by atoms with Crippen LogP contribution < -0.4 is 5.32 Å². The molecule has 3 rings (SSSR count). The lowest BCUT2D eigenvalue weighted by atomic mass is 9.98. The van der Waals surface area contributed by atoms with Crippen LogP contribution in [-0.2, 0) is 10.9 Å². The minimum Gasteiger partial charge on any atom is -0.462 e. The van der Waals surface area contributed by atoms with Gasteiger partial charge in [0.2, 0.25) is 0 Å². The van der Waals surface area contributed by atoms with E-state index in [4.69, 9.17) is 4.74 Å². The number of hydrogen-bond acceptors (Lipinski definition) is 4. The maximum atomic E-state index is 12.8. The van der Waals surface area contributed by atoms with E-state index in [0.29, 0.717) is 11.1 Å². The van der Waals surface area contributed by atoms with Gasteiger partial charge in [0.25, 0.3) is 5.91 Å². The number of ether oxygens (including phenoxy) is 1. The summed E-state index contributed by atoms with van der Waals surface area (Å²) in [6.07, 6.45) is -3.15. The van der Waals surface area contributed by atoms with Crippen molar-refractivity contribution in [3.8, 4) is 11.1 Å². The summed E-state index contributed by atoms with van der Waals surface area (Å²) < 4.78 is 43.3. The van der Waals surface area contributed by atoms with Crippen LogP contribution in [0.15, 0.2) is 66.9 Å². The van der Waals surface area contributed by atoms with Gasteiger partial charge in [0, 0.05) is 11.8 Å². The number of halogens is 3. The summed E-state index contributed by atoms with van der Waals surface area (Å²) in [5.74, 6) is -0.785. The third kappa shape index (κ3) is 4.83. The lowest BCUT2D eigenvalue weighted by Crippen LogP contribution is -2.14. The van der Waals surface area contributed by atoms with Gasteiger partial charge < -0.3 is 10.1 Å². The van der Waals surface area contributed by atoms with Gasteiger partial charge in [0.1, 0.15) is 5.82 Å². The monoisotopic (exact) mass is 414 g/mol. The van der Waals surface area contributed by atoms with Crippen molar-refractivity contribution in [3.63, 3.8) is 0 Å². The number of amides is 1. The quantitative estimate of drug-likeness (QED) is 0.583. The zero-order valence-corrected chi connectivity index (χ0v) is 15.9. The predicted molar refractivity (Wildman–Crippen MR) is 105 cm³/mol. The average molecular weight is 414 g/mol. The van der Waals surface area contributed by atoms with E-state index < -0.39 is 23.6 Å². The van der Waals surface area contributed by atoms with E-state index in [2.05, 4.69) is 10.3 Å². The number of benzene rings is 2. The van der Waals surface area contributed by atoms with Crippen LogP contribution >= 0.6 is 0 Å². The number of pyridine rings is 1. The molecule has 0 saturated carbocycles. The molecule has 0 spiro atoms. The number of nitrogens with zero attached hydrogens (tertiary/aromatic N) is 1. The minimum absolute atomic E-state index is 0.218. The Balaban J connectivity index is 1.82. The second-order valence-electron chi connectivity index (χ2n) is 6.23. The van der Waals surface area contributed by atoms with Crippen molar-refractivity contribution in [3.05, 3.63) is 83.6 Å². The van der Waals surface area contributed by atoms with Crippen LogP contribution in [0.2, 0.25) is 0 Å². The molecule has 30 heavy (non-hydrogen) atoms. The third-order valence-corrected chi connectivity index (χ3v) is 4.21. The molecule has 0 fully saturated rings. The molecule has 0 aliphatic carbocycles. The maximum absolute atomic E-state index is 12.8. The molecule has 2 aromatic carbocycles. The fraction of sp³-hybridized carbons (Fsp3) is 0.136. The highest BCUT2D eigenvalue weighted by molar-refractivity contribution is 6.08. The SMILES string of the molecule is CCOC(=O)c1ccc(NC(=O)c2ccccc2-c2ccc(C(F)(F)F)cc2)nc1. The van der Waals surface area contributed by atoms with Crippen molar-refractivity contribution in [1.82, 2.24) is 4.98 Å². The molecule has 1 N–H and O–H groups in total. The van der Waals surface area contributed by atoms with Crippen molar-refractivity contribution in [2.75, 3.05) is 11.9 Å². The Labute approximate surface area is 170 Å². The van der Waals surface area contributed by atoms with Crippen molar-refractivity contribution < 1.29 is 27.5 Å². The van der Waals surface area contributed by atoms with Gasteiger partial charge in [0.05, 0.1) is 17.7 Å². The number of anilines is 1. The summed E-state index contributed by atoms with van der Waals surface area (Å²) in [6, 6.07) is 14.1. The molecule has 0 radical (unpaired) electrons. The first-order chi connectivity index (χ1) is 14.3. The normalized spacial score (nSPS) is 11.1. The Bertz CT molecular complexity index is 1050. The fourth-order valence-electron chi connectivity index (χ4n) is 2.76. The average Bonchev–Trinajstić information content (AvgIpc) is 2.74. The van der Waals surface area contributed by atoms with Gasteiger partial charge in [-0.25, -0.2) is 9.78 Å². The predicted octanol–water partition coefficient (Wildman–Crippen LogP) is 5.20. The number of esters is 1. The van der Waals surface area contributed by atoms with Crippen LogP contribution in [0.25, 0.3) is 11.1 Å². The van der Waals surface area contributed by atoms with Crippen molar-refractivity contribution in [1.29, 1.82) is 0 Å². The van der Waals surface area contributed by atoms with Gasteiger partial charge in [-0.05, 0) is 48.4 Å². The number of rotatable bonds is 5. The molecule has 154 valence electrons. The van der Waals surface area contributed by atoms with E-state index in [0.717, 1.165) is 12.1 Å². The molecule has 5 nitrogen and oxygen atoms in total. The van der Waals surface area contributed by atoms with E-state index in [-0.39, 0.29) is 23.6 Å². The third-order valence-electron chi connectivity index (χ3n) is 4.21. The van der Waals surface area contributed by atoms with Gasteiger partial charge in [-0.3, -0.25) is 4.79 Å². The Kier molecular flexibility index (Phi) is 6.15. The van der Waals surface area contributed by atoms with Crippen molar-refractivity contribution in [2.45, 2.75) is 13.1 Å². The molecule has 3 aromatic rings. The van der Waals surface area contributed by atoms with Crippen LogP contribution in [0.5, 0.6) is 0 Å². The zero-order chi connectivity index (χ0) is 21.7. The van der Waals surface area contributed by atoms with E-state index in [9.17, 15) is 22.8 Å². The molecule has 1 aromatic heterocycles. The summed E-state index contributed by atoms with van der Waals surface area (Å²) in [7, 11) is 0. The number of alkyl halides is 3. The van der Waals surface area contributed by atoms with Gasteiger partial charge in [0.15, 0.2) is 0 Å². The Morgan fingerprint density at radius 1 is 1.00 bits per heavy atom. The minimum atomic E-state index is -4.43. The first kappa shape index (κ1) is 21.0. The van der Waals surface area contributed by atoms with Crippen molar-refractivity contribution >= 4 is 17.7 Å². The molecule has 0 atom stereocenters. The van der Waals surface area contributed by atoms with E-state index in [1.54, 1.807) is 31.2 Å². The van der Waals surface area contributed by atoms with E-state index >= 15 is 0 Å². The second kappa shape index (κ2) is 8.77. The molecule has 1 amide bonds. The topological polar surface area (TPSA) is 68.3 Å². The van der Waals surface area contributed by atoms with Crippen LogP contribution in [0.4, 0.5) is 19.0 Å². The van der Waals surface area contributed by atoms with Gasteiger partial charge in [-0.15, -0.1) is 0 Å². The molecule has 0 unspecified atom stereocenters. The van der Waals surface area contributed by atoms with Crippen LogP contribution in [-0.4, -0.2) is 23.5 Å². The Hall–Kier alpha value is -3.68. The zero-order valence-electron chi connectivity index (χ0n) is 15.9. The first-order valence-corrected chi connectivity index (χ1v) is 9.00. The Morgan fingerprint density at radius 3 is 2.30 bits per heavy atom. The summed E-state index contributed by atoms with van der Waals surface area (Å²) in [5.41, 5.74) is 0.707. The molecule has 0 saturated heterocycles. The molecule has 1 heterocycles. The highest BCUT2D eigenvalue weighted by atomic mass is 19.4. The number of aromatic nitrogens is 1. The Morgan fingerprint density at radius 2 is 1.70 bits per heavy atom. The lowest BCUT2D eigenvalue weighted by Gasteiger charge is -2.12. The molecule has 0 aliphatic heterocycles. The summed E-state index contributed by atoms with van der Waals surface area (Å²) in [5, 5.41) is 2.62. The summed E-state index contributed by atoms with van der Waals surface area (Å²) in [6.45, 7) is 1.92. The number of carbonyl (C=O) groups excluding carboxylic acids is 2. The second-order valence-corrected chi connectivity index (χ2v) is 6.23. The summed E-state index contributed by atoms with van der Waals surface area (Å²) in [4.78, 5) is 28.4. The van der Waals surface area contributed by atoms with E-state index in [1.807, 2.05) is 0 Å². The standard InChI is InChI=1S/C22H17F3N2O3/c1-2-30-21(29)15-9-12-19(26-13-15)27-20(28)18-6-4-3-5-17(18)14-7-10-16(11-8-14)22(23,24)25/h3-13H,2H2,1H3,(H,26,27,28). The maximum Gasteiger partial charge on any atom is 0.416 e.